The fourth-order valence-electron chi connectivity index (χ4n) is 1.04. The highest BCUT2D eigenvalue weighted by Gasteiger charge is 2.29. The Hall–Kier alpha value is -1.79. The van der Waals surface area contributed by atoms with Crippen molar-refractivity contribution in [3.63, 3.8) is 0 Å². The van der Waals surface area contributed by atoms with Crippen LogP contribution in [0, 0.1) is 12.3 Å². The Labute approximate surface area is 82.6 Å². The maximum absolute atomic E-state index is 10.8. The smallest absolute Gasteiger partial charge is 0.328 e. The van der Waals surface area contributed by atoms with E-state index in [4.69, 9.17) is 17.3 Å². The first-order chi connectivity index (χ1) is 6.48. The maximum atomic E-state index is 10.8. The number of carbonyl (C=O) groups is 1. The molecule has 0 unspecified atom stereocenters. The molecule has 3 nitrogen and oxygen atoms in total. The Kier molecular flexibility index (Phi) is 2.59. The van der Waals surface area contributed by atoms with Crippen LogP contribution in [0.4, 0.5) is 0 Å². The molecule has 0 amide bonds. The lowest BCUT2D eigenvalue weighted by atomic mass is 9.93. The molecule has 1 atom stereocenters. The van der Waals surface area contributed by atoms with Gasteiger partial charge in [-0.05, 0) is 24.6 Å². The van der Waals surface area contributed by atoms with Crippen LogP contribution >= 0.6 is 0 Å². The molecular weight excluding hydrogens is 178 g/mol. The molecule has 0 saturated heterocycles. The number of benzene rings is 1. The molecule has 3 N–H and O–H groups in total. The molecule has 0 saturated carbocycles. The second-order valence-corrected chi connectivity index (χ2v) is 3.23. The Bertz CT molecular complexity index is 385. The molecule has 0 heterocycles. The van der Waals surface area contributed by atoms with Crippen molar-refractivity contribution in [2.45, 2.75) is 12.5 Å². The summed E-state index contributed by atoms with van der Waals surface area (Å²) in [7, 11) is 0. The molecule has 0 aliphatic rings. The highest BCUT2D eigenvalue weighted by Crippen LogP contribution is 2.18. The van der Waals surface area contributed by atoms with E-state index in [1.165, 1.54) is 6.92 Å². The van der Waals surface area contributed by atoms with Gasteiger partial charge in [-0.2, -0.15) is 0 Å². The Morgan fingerprint density at radius 1 is 1.50 bits per heavy atom. The summed E-state index contributed by atoms with van der Waals surface area (Å²) >= 11 is 0. The van der Waals surface area contributed by atoms with E-state index in [9.17, 15) is 4.79 Å². The number of hydrogen-bond donors (Lipinski definition) is 2. The molecule has 3 heteroatoms. The summed E-state index contributed by atoms with van der Waals surface area (Å²) in [5, 5.41) is 8.86. The summed E-state index contributed by atoms with van der Waals surface area (Å²) in [4.78, 5) is 10.8. The second-order valence-electron chi connectivity index (χ2n) is 3.23. The van der Waals surface area contributed by atoms with Crippen LogP contribution in [0.1, 0.15) is 18.1 Å². The molecule has 0 aliphatic carbocycles. The fourth-order valence-corrected chi connectivity index (χ4v) is 1.04. The first-order valence-electron chi connectivity index (χ1n) is 4.08. The number of carboxylic acid groups (broad SMARTS) is 1. The van der Waals surface area contributed by atoms with Crippen molar-refractivity contribution in [3.05, 3.63) is 35.4 Å². The molecule has 0 aliphatic heterocycles. The highest BCUT2D eigenvalue weighted by molar-refractivity contribution is 5.79. The third-order valence-electron chi connectivity index (χ3n) is 2.10. The predicted molar refractivity (Wildman–Crippen MR) is 53.6 cm³/mol. The van der Waals surface area contributed by atoms with Crippen LogP contribution in [-0.2, 0) is 10.3 Å². The van der Waals surface area contributed by atoms with Crippen LogP contribution in [0.15, 0.2) is 24.3 Å². The molecule has 0 radical (unpaired) electrons. The van der Waals surface area contributed by atoms with Gasteiger partial charge in [-0.25, -0.2) is 4.79 Å². The van der Waals surface area contributed by atoms with Gasteiger partial charge in [-0.1, -0.05) is 18.1 Å². The molecular formula is C11H11NO2. The lowest BCUT2D eigenvalue weighted by Gasteiger charge is -2.19. The average Bonchev–Trinajstić information content (AvgIpc) is 2.17. The van der Waals surface area contributed by atoms with Crippen LogP contribution in [-0.4, -0.2) is 11.1 Å². The molecule has 72 valence electrons. The Morgan fingerprint density at radius 2 is 2.00 bits per heavy atom. The van der Waals surface area contributed by atoms with Crippen molar-refractivity contribution >= 4 is 5.97 Å². The van der Waals surface area contributed by atoms with Crippen LogP contribution in [0.5, 0.6) is 0 Å². The predicted octanol–water partition coefficient (Wildman–Crippen LogP) is 0.926. The molecule has 0 fully saturated rings. The van der Waals surface area contributed by atoms with E-state index in [0.29, 0.717) is 11.1 Å². The van der Waals surface area contributed by atoms with E-state index in [0.717, 1.165) is 0 Å². The summed E-state index contributed by atoms with van der Waals surface area (Å²) in [6, 6.07) is 6.60. The van der Waals surface area contributed by atoms with Crippen molar-refractivity contribution in [3.8, 4) is 12.3 Å². The molecule has 1 aromatic rings. The van der Waals surface area contributed by atoms with Gasteiger partial charge in [0, 0.05) is 5.56 Å². The molecule has 0 aromatic heterocycles. The zero-order chi connectivity index (χ0) is 10.8. The van der Waals surface area contributed by atoms with Crippen molar-refractivity contribution < 1.29 is 9.90 Å². The van der Waals surface area contributed by atoms with Gasteiger partial charge >= 0.3 is 5.97 Å². The van der Waals surface area contributed by atoms with Crippen molar-refractivity contribution in [2.24, 2.45) is 5.73 Å². The minimum absolute atomic E-state index is 0.531. The standard InChI is InChI=1S/C11H11NO2/c1-3-8-4-6-9(7-5-8)11(2,12)10(13)14/h1,4-7H,12H2,2H3,(H,13,14)/t11-/m0/s1. The second kappa shape index (κ2) is 3.52. The number of aliphatic carboxylic acids is 1. The van der Waals surface area contributed by atoms with Crippen LogP contribution in [0.25, 0.3) is 0 Å². The SMILES string of the molecule is C#Cc1ccc([C@](C)(N)C(=O)O)cc1. The summed E-state index contributed by atoms with van der Waals surface area (Å²) in [5.41, 5.74) is 5.49. The molecule has 1 aromatic carbocycles. The first kappa shape index (κ1) is 10.3. The zero-order valence-corrected chi connectivity index (χ0v) is 7.82. The van der Waals surface area contributed by atoms with Gasteiger partial charge in [0.25, 0.3) is 0 Å². The maximum Gasteiger partial charge on any atom is 0.328 e. The van der Waals surface area contributed by atoms with E-state index in [1.807, 2.05) is 0 Å². The van der Waals surface area contributed by atoms with E-state index in [2.05, 4.69) is 5.92 Å². The van der Waals surface area contributed by atoms with Crippen LogP contribution in [0.2, 0.25) is 0 Å². The van der Waals surface area contributed by atoms with E-state index < -0.39 is 11.5 Å². The first-order valence-corrected chi connectivity index (χ1v) is 4.08. The van der Waals surface area contributed by atoms with Gasteiger partial charge in [0.2, 0.25) is 0 Å². The number of carboxylic acids is 1. The third kappa shape index (κ3) is 1.76. The number of terminal acetylenes is 1. The normalized spacial score (nSPS) is 14.1. The van der Waals surface area contributed by atoms with Crippen molar-refractivity contribution in [1.82, 2.24) is 0 Å². The van der Waals surface area contributed by atoms with E-state index >= 15 is 0 Å². The molecule has 0 bridgehead atoms. The monoisotopic (exact) mass is 189 g/mol. The van der Waals surface area contributed by atoms with Crippen molar-refractivity contribution in [1.29, 1.82) is 0 Å². The fraction of sp³-hybridized carbons (Fsp3) is 0.182. The largest absolute Gasteiger partial charge is 0.480 e. The topological polar surface area (TPSA) is 63.3 Å². The summed E-state index contributed by atoms with van der Waals surface area (Å²) in [6.45, 7) is 1.44. The quantitative estimate of drug-likeness (QED) is 0.680. The van der Waals surface area contributed by atoms with Crippen molar-refractivity contribution in [2.75, 3.05) is 0 Å². The zero-order valence-electron chi connectivity index (χ0n) is 7.82. The van der Waals surface area contributed by atoms with Gasteiger partial charge in [-0.15, -0.1) is 6.42 Å². The number of nitrogens with two attached hydrogens (primary N) is 1. The van der Waals surface area contributed by atoms with Gasteiger partial charge in [-0.3, -0.25) is 0 Å². The Morgan fingerprint density at radius 3 is 2.36 bits per heavy atom. The Balaban J connectivity index is 3.10. The number of rotatable bonds is 2. The minimum atomic E-state index is -1.37. The van der Waals surface area contributed by atoms with Gasteiger partial charge < -0.3 is 10.8 Å². The van der Waals surface area contributed by atoms with E-state index in [1.54, 1.807) is 24.3 Å². The minimum Gasteiger partial charge on any atom is -0.480 e. The lowest BCUT2D eigenvalue weighted by molar-refractivity contribution is -0.143. The van der Waals surface area contributed by atoms with Crippen LogP contribution < -0.4 is 5.73 Å². The third-order valence-corrected chi connectivity index (χ3v) is 2.10. The summed E-state index contributed by atoms with van der Waals surface area (Å²) in [6.07, 6.45) is 5.17. The highest BCUT2D eigenvalue weighted by atomic mass is 16.4. The molecule has 14 heavy (non-hydrogen) atoms. The van der Waals surface area contributed by atoms with Gasteiger partial charge in [0.1, 0.15) is 5.54 Å². The average molecular weight is 189 g/mol. The summed E-state index contributed by atoms with van der Waals surface area (Å²) in [5.74, 6) is 1.38. The molecule has 0 spiro atoms. The van der Waals surface area contributed by atoms with E-state index in [-0.39, 0.29) is 0 Å². The van der Waals surface area contributed by atoms with Crippen LogP contribution in [0.3, 0.4) is 0 Å². The molecule has 1 rings (SSSR count). The van der Waals surface area contributed by atoms with Gasteiger partial charge in [0.15, 0.2) is 0 Å². The lowest BCUT2D eigenvalue weighted by Crippen LogP contribution is -2.41. The van der Waals surface area contributed by atoms with Gasteiger partial charge in [0.05, 0.1) is 0 Å². The number of hydrogen-bond acceptors (Lipinski definition) is 2. The summed E-state index contributed by atoms with van der Waals surface area (Å²) < 4.78 is 0.